The van der Waals surface area contributed by atoms with Crippen molar-refractivity contribution >= 4 is 5.91 Å². The SMILES string of the molecule is CC(C)(C)CN1CCc2nc(COc3ccccc3)oc2C1=O. The molecule has 3 rings (SSSR count). The third kappa shape index (κ3) is 3.73. The van der Waals surface area contributed by atoms with E-state index in [1.807, 2.05) is 35.2 Å². The lowest BCUT2D eigenvalue weighted by atomic mass is 9.95. The number of nitrogens with zero attached hydrogens (tertiary/aromatic N) is 2. The van der Waals surface area contributed by atoms with Crippen molar-refractivity contribution in [3.8, 4) is 5.75 Å². The minimum absolute atomic E-state index is 0.0619. The molecule has 5 nitrogen and oxygen atoms in total. The van der Waals surface area contributed by atoms with Gasteiger partial charge < -0.3 is 14.1 Å². The van der Waals surface area contributed by atoms with Gasteiger partial charge in [0.1, 0.15) is 5.75 Å². The van der Waals surface area contributed by atoms with Crippen LogP contribution in [0.5, 0.6) is 5.75 Å². The van der Waals surface area contributed by atoms with E-state index in [2.05, 4.69) is 25.8 Å². The van der Waals surface area contributed by atoms with E-state index in [9.17, 15) is 4.79 Å². The zero-order valence-electron chi connectivity index (χ0n) is 13.8. The molecule has 5 heteroatoms. The molecule has 0 saturated carbocycles. The second kappa shape index (κ2) is 6.07. The lowest BCUT2D eigenvalue weighted by Crippen LogP contribution is -2.42. The topological polar surface area (TPSA) is 55.6 Å². The Hall–Kier alpha value is -2.30. The van der Waals surface area contributed by atoms with E-state index in [1.54, 1.807) is 0 Å². The minimum Gasteiger partial charge on any atom is -0.484 e. The molecule has 0 fully saturated rings. The quantitative estimate of drug-likeness (QED) is 0.869. The largest absolute Gasteiger partial charge is 0.484 e. The number of amides is 1. The third-order valence-electron chi connectivity index (χ3n) is 3.61. The molecule has 0 radical (unpaired) electrons. The maximum atomic E-state index is 12.5. The van der Waals surface area contributed by atoms with Crippen molar-refractivity contribution in [3.63, 3.8) is 0 Å². The number of hydrogen-bond donors (Lipinski definition) is 0. The number of benzene rings is 1. The summed E-state index contributed by atoms with van der Waals surface area (Å²) < 4.78 is 11.3. The second-order valence-corrected chi connectivity index (χ2v) is 7.02. The summed E-state index contributed by atoms with van der Waals surface area (Å²) in [7, 11) is 0. The van der Waals surface area contributed by atoms with Crippen LogP contribution in [-0.4, -0.2) is 28.9 Å². The van der Waals surface area contributed by atoms with Gasteiger partial charge in [-0.3, -0.25) is 4.79 Å². The molecule has 0 spiro atoms. The minimum atomic E-state index is -0.0698. The molecule has 0 atom stereocenters. The van der Waals surface area contributed by atoms with Gasteiger partial charge in [-0.2, -0.15) is 0 Å². The number of ether oxygens (including phenoxy) is 1. The monoisotopic (exact) mass is 314 g/mol. The fraction of sp³-hybridized carbons (Fsp3) is 0.444. The van der Waals surface area contributed by atoms with Gasteiger partial charge in [-0.1, -0.05) is 39.0 Å². The molecule has 2 aromatic rings. The van der Waals surface area contributed by atoms with Crippen LogP contribution in [0.25, 0.3) is 0 Å². The zero-order chi connectivity index (χ0) is 16.4. The van der Waals surface area contributed by atoms with E-state index in [-0.39, 0.29) is 17.9 Å². The zero-order valence-corrected chi connectivity index (χ0v) is 13.8. The predicted octanol–water partition coefficient (Wildman–Crippen LogP) is 3.30. The highest BCUT2D eigenvalue weighted by Crippen LogP contribution is 2.24. The molecular formula is C18H22N2O3. The van der Waals surface area contributed by atoms with E-state index in [0.29, 0.717) is 24.7 Å². The second-order valence-electron chi connectivity index (χ2n) is 7.02. The first-order chi connectivity index (χ1) is 10.9. The Kier molecular flexibility index (Phi) is 4.11. The Morgan fingerprint density at radius 1 is 1.26 bits per heavy atom. The number of aromatic nitrogens is 1. The van der Waals surface area contributed by atoms with Gasteiger partial charge >= 0.3 is 0 Å². The Bertz CT molecular complexity index is 686. The van der Waals surface area contributed by atoms with Gasteiger partial charge in [0.15, 0.2) is 6.61 Å². The van der Waals surface area contributed by atoms with Crippen molar-refractivity contribution in [2.75, 3.05) is 13.1 Å². The van der Waals surface area contributed by atoms with Gasteiger partial charge in [0.25, 0.3) is 5.91 Å². The lowest BCUT2D eigenvalue weighted by Gasteiger charge is -2.31. The van der Waals surface area contributed by atoms with Crippen molar-refractivity contribution in [1.29, 1.82) is 0 Å². The Morgan fingerprint density at radius 2 is 2.00 bits per heavy atom. The summed E-state index contributed by atoms with van der Waals surface area (Å²) in [4.78, 5) is 18.8. The number of carbonyl (C=O) groups excluding carboxylic acids is 1. The van der Waals surface area contributed by atoms with Crippen LogP contribution in [-0.2, 0) is 13.0 Å². The fourth-order valence-electron chi connectivity index (χ4n) is 2.67. The van der Waals surface area contributed by atoms with Crippen LogP contribution < -0.4 is 4.74 Å². The van der Waals surface area contributed by atoms with Crippen LogP contribution in [0.1, 0.15) is 42.9 Å². The van der Waals surface area contributed by atoms with Gasteiger partial charge in [-0.05, 0) is 17.5 Å². The first-order valence-corrected chi connectivity index (χ1v) is 7.88. The Morgan fingerprint density at radius 3 is 2.70 bits per heavy atom. The smallest absolute Gasteiger partial charge is 0.291 e. The number of para-hydroxylation sites is 1. The third-order valence-corrected chi connectivity index (χ3v) is 3.61. The molecule has 1 amide bonds. The number of oxazole rings is 1. The summed E-state index contributed by atoms with van der Waals surface area (Å²) in [6.45, 7) is 7.99. The summed E-state index contributed by atoms with van der Waals surface area (Å²) in [6.07, 6.45) is 0.728. The van der Waals surface area contributed by atoms with Crippen LogP contribution in [0.2, 0.25) is 0 Å². The number of carbonyl (C=O) groups is 1. The van der Waals surface area contributed by atoms with E-state index in [0.717, 1.165) is 17.9 Å². The number of rotatable bonds is 4. The molecule has 0 aliphatic carbocycles. The van der Waals surface area contributed by atoms with Crippen LogP contribution in [0, 0.1) is 5.41 Å². The fourth-order valence-corrected chi connectivity index (χ4v) is 2.67. The first-order valence-electron chi connectivity index (χ1n) is 7.88. The summed E-state index contributed by atoms with van der Waals surface area (Å²) in [5, 5.41) is 0. The summed E-state index contributed by atoms with van der Waals surface area (Å²) >= 11 is 0. The highest BCUT2D eigenvalue weighted by Gasteiger charge is 2.32. The van der Waals surface area contributed by atoms with Gasteiger partial charge in [0.05, 0.1) is 5.69 Å². The normalized spacial score (nSPS) is 14.7. The van der Waals surface area contributed by atoms with Gasteiger partial charge in [-0.15, -0.1) is 0 Å². The maximum Gasteiger partial charge on any atom is 0.291 e. The van der Waals surface area contributed by atoms with Gasteiger partial charge in [0, 0.05) is 19.5 Å². The molecule has 1 aliphatic rings. The Balaban J connectivity index is 1.69. The predicted molar refractivity (Wildman–Crippen MR) is 86.3 cm³/mol. The summed E-state index contributed by atoms with van der Waals surface area (Å²) in [5.41, 5.74) is 0.804. The van der Waals surface area contributed by atoms with Gasteiger partial charge in [-0.25, -0.2) is 4.98 Å². The van der Waals surface area contributed by atoms with E-state index < -0.39 is 0 Å². The molecule has 0 N–H and O–H groups in total. The average molecular weight is 314 g/mol. The molecule has 1 aliphatic heterocycles. The van der Waals surface area contributed by atoms with Crippen molar-refractivity contribution < 1.29 is 13.9 Å². The molecule has 1 aromatic heterocycles. The van der Waals surface area contributed by atoms with E-state index in [4.69, 9.17) is 9.15 Å². The van der Waals surface area contributed by atoms with Crippen molar-refractivity contribution in [2.45, 2.75) is 33.8 Å². The van der Waals surface area contributed by atoms with Crippen LogP contribution >= 0.6 is 0 Å². The summed E-state index contributed by atoms with van der Waals surface area (Å²) in [5.74, 6) is 1.50. The summed E-state index contributed by atoms with van der Waals surface area (Å²) in [6, 6.07) is 9.49. The average Bonchev–Trinajstić information content (AvgIpc) is 2.92. The molecule has 0 saturated heterocycles. The number of hydrogen-bond acceptors (Lipinski definition) is 4. The van der Waals surface area contributed by atoms with Crippen molar-refractivity contribution in [3.05, 3.63) is 47.7 Å². The Labute approximate surface area is 136 Å². The van der Waals surface area contributed by atoms with Crippen LogP contribution in [0.3, 0.4) is 0 Å². The molecule has 23 heavy (non-hydrogen) atoms. The highest BCUT2D eigenvalue weighted by atomic mass is 16.5. The molecule has 0 bridgehead atoms. The van der Waals surface area contributed by atoms with E-state index in [1.165, 1.54) is 0 Å². The first kappa shape index (κ1) is 15.6. The highest BCUT2D eigenvalue weighted by molar-refractivity contribution is 5.93. The molecular weight excluding hydrogens is 292 g/mol. The van der Waals surface area contributed by atoms with E-state index >= 15 is 0 Å². The molecule has 122 valence electrons. The standard InChI is InChI=1S/C18H22N2O3/c1-18(2,3)12-20-10-9-14-16(17(20)21)23-15(19-14)11-22-13-7-5-4-6-8-13/h4-8H,9-12H2,1-3H3. The maximum absolute atomic E-state index is 12.5. The number of fused-ring (bicyclic) bond motifs is 1. The lowest BCUT2D eigenvalue weighted by molar-refractivity contribution is 0.0638. The van der Waals surface area contributed by atoms with Crippen LogP contribution in [0.15, 0.2) is 34.7 Å². The van der Waals surface area contributed by atoms with Gasteiger partial charge in [0.2, 0.25) is 11.7 Å². The van der Waals surface area contributed by atoms with Crippen LogP contribution in [0.4, 0.5) is 0 Å². The molecule has 2 heterocycles. The molecule has 1 aromatic carbocycles. The van der Waals surface area contributed by atoms with Crippen molar-refractivity contribution in [2.24, 2.45) is 5.41 Å². The molecule has 0 unspecified atom stereocenters. The van der Waals surface area contributed by atoms with Crippen molar-refractivity contribution in [1.82, 2.24) is 9.88 Å².